The van der Waals surface area contributed by atoms with Gasteiger partial charge in [0.05, 0.1) is 14.8 Å². The minimum absolute atomic E-state index is 0.0744. The smallest absolute Gasteiger partial charge is 0.263 e. The van der Waals surface area contributed by atoms with Gasteiger partial charge in [0.15, 0.2) is 0 Å². The highest BCUT2D eigenvalue weighted by Gasteiger charge is 2.21. The number of non-ortho nitro benzene ring substituents is 1. The summed E-state index contributed by atoms with van der Waals surface area (Å²) in [6, 6.07) is 6.50. The molecule has 110 valence electrons. The maximum atomic E-state index is 12.3. The summed E-state index contributed by atoms with van der Waals surface area (Å²) in [4.78, 5) is 13.7. The van der Waals surface area contributed by atoms with Crippen LogP contribution in [0.25, 0.3) is 0 Å². The zero-order chi connectivity index (χ0) is 15.6. The van der Waals surface area contributed by atoms with Crippen LogP contribution in [0, 0.1) is 17.0 Å². The Bertz CT molecular complexity index is 791. The molecule has 9 heteroatoms. The highest BCUT2D eigenvalue weighted by atomic mass is 35.5. The van der Waals surface area contributed by atoms with Crippen LogP contribution in [0.15, 0.2) is 41.4 Å². The molecular formula is C12H10ClN3O4S. The molecule has 0 spiro atoms. The van der Waals surface area contributed by atoms with Crippen molar-refractivity contribution >= 4 is 33.1 Å². The van der Waals surface area contributed by atoms with Gasteiger partial charge in [-0.05, 0) is 24.6 Å². The number of hydrogen-bond acceptors (Lipinski definition) is 5. The van der Waals surface area contributed by atoms with Crippen molar-refractivity contribution in [2.75, 3.05) is 4.72 Å². The third kappa shape index (κ3) is 3.47. The van der Waals surface area contributed by atoms with Crippen molar-refractivity contribution in [3.63, 3.8) is 0 Å². The summed E-state index contributed by atoms with van der Waals surface area (Å²) < 4.78 is 26.8. The normalized spacial score (nSPS) is 11.1. The summed E-state index contributed by atoms with van der Waals surface area (Å²) in [5.41, 5.74) is 0.0899. The molecule has 0 aliphatic heterocycles. The van der Waals surface area contributed by atoms with Crippen LogP contribution in [0.5, 0.6) is 0 Å². The van der Waals surface area contributed by atoms with Crippen LogP contribution in [0.4, 0.5) is 11.5 Å². The average molecular weight is 328 g/mol. The number of aromatic nitrogens is 1. The van der Waals surface area contributed by atoms with E-state index >= 15 is 0 Å². The molecule has 0 atom stereocenters. The van der Waals surface area contributed by atoms with Crippen molar-refractivity contribution in [1.29, 1.82) is 0 Å². The number of anilines is 1. The molecule has 0 unspecified atom stereocenters. The summed E-state index contributed by atoms with van der Waals surface area (Å²) in [5, 5.41) is 11.1. The summed E-state index contributed by atoms with van der Waals surface area (Å²) in [7, 11) is -3.97. The molecule has 0 amide bonds. The van der Waals surface area contributed by atoms with Crippen molar-refractivity contribution in [3.8, 4) is 0 Å². The molecule has 1 aromatic carbocycles. The van der Waals surface area contributed by atoms with Crippen LogP contribution in [-0.2, 0) is 10.0 Å². The Hall–Kier alpha value is -2.19. The molecule has 0 aliphatic carbocycles. The lowest BCUT2D eigenvalue weighted by molar-refractivity contribution is -0.385. The number of hydrogen-bond donors (Lipinski definition) is 1. The first kappa shape index (κ1) is 15.2. The molecule has 1 aromatic heterocycles. The van der Waals surface area contributed by atoms with E-state index in [1.54, 1.807) is 6.92 Å². The van der Waals surface area contributed by atoms with Crippen LogP contribution < -0.4 is 4.72 Å². The fourth-order valence-corrected chi connectivity index (χ4v) is 3.01. The number of halogens is 1. The van der Waals surface area contributed by atoms with Gasteiger partial charge in [-0.3, -0.25) is 14.8 Å². The molecule has 1 heterocycles. The second-order valence-corrected chi connectivity index (χ2v) is 6.26. The molecule has 0 bridgehead atoms. The Morgan fingerprint density at radius 1 is 1.29 bits per heavy atom. The van der Waals surface area contributed by atoms with E-state index in [0.717, 1.165) is 6.07 Å². The van der Waals surface area contributed by atoms with Gasteiger partial charge < -0.3 is 0 Å². The van der Waals surface area contributed by atoms with Crippen molar-refractivity contribution in [2.45, 2.75) is 11.8 Å². The van der Waals surface area contributed by atoms with E-state index in [1.807, 2.05) is 0 Å². The number of nitrogens with one attached hydrogen (secondary N) is 1. The molecule has 0 fully saturated rings. The number of nitro benzene ring substituents is 1. The van der Waals surface area contributed by atoms with Crippen molar-refractivity contribution in [2.24, 2.45) is 0 Å². The molecule has 0 saturated heterocycles. The molecule has 21 heavy (non-hydrogen) atoms. The zero-order valence-electron chi connectivity index (χ0n) is 10.8. The van der Waals surface area contributed by atoms with Crippen molar-refractivity contribution in [3.05, 3.63) is 57.2 Å². The predicted molar refractivity (Wildman–Crippen MR) is 77.9 cm³/mol. The predicted octanol–water partition coefficient (Wildman–Crippen LogP) is 2.75. The number of nitrogens with zero attached hydrogens (tertiary/aromatic N) is 2. The molecule has 0 radical (unpaired) electrons. The quantitative estimate of drug-likeness (QED) is 0.687. The first-order valence-corrected chi connectivity index (χ1v) is 7.55. The first-order chi connectivity index (χ1) is 9.79. The van der Waals surface area contributed by atoms with E-state index in [0.29, 0.717) is 10.6 Å². The summed E-state index contributed by atoms with van der Waals surface area (Å²) in [5.74, 6) is 0.0744. The summed E-state index contributed by atoms with van der Waals surface area (Å²) in [6.45, 7) is 1.55. The monoisotopic (exact) mass is 327 g/mol. The standard InChI is InChI=1S/C12H10ClN3O4S/c1-8-2-4-10(16(17)18)6-11(8)21(19,20)15-12-5-3-9(13)7-14-12/h2-7H,1H3,(H,14,15). The maximum Gasteiger partial charge on any atom is 0.270 e. The number of nitro groups is 1. The lowest BCUT2D eigenvalue weighted by atomic mass is 10.2. The molecule has 7 nitrogen and oxygen atoms in total. The number of rotatable bonds is 4. The number of sulfonamides is 1. The third-order valence-electron chi connectivity index (χ3n) is 2.64. The first-order valence-electron chi connectivity index (χ1n) is 5.69. The van der Waals surface area contributed by atoms with Crippen molar-refractivity contribution < 1.29 is 13.3 Å². The minimum atomic E-state index is -3.97. The Kier molecular flexibility index (Phi) is 4.10. The van der Waals surface area contributed by atoms with Gasteiger partial charge in [-0.15, -0.1) is 0 Å². The lowest BCUT2D eigenvalue weighted by Gasteiger charge is -2.09. The van der Waals surface area contributed by atoms with Crippen LogP contribution in [0.3, 0.4) is 0 Å². The maximum absolute atomic E-state index is 12.3. The Balaban J connectivity index is 2.41. The van der Waals surface area contributed by atoms with Gasteiger partial charge in [0.1, 0.15) is 5.82 Å². The molecule has 0 aliphatic rings. The van der Waals surface area contributed by atoms with Crippen LogP contribution in [0.1, 0.15) is 5.56 Å². The van der Waals surface area contributed by atoms with E-state index in [4.69, 9.17) is 11.6 Å². The second-order valence-electron chi connectivity index (χ2n) is 4.17. The van der Waals surface area contributed by atoms with E-state index in [-0.39, 0.29) is 16.4 Å². The lowest BCUT2D eigenvalue weighted by Crippen LogP contribution is -2.15. The number of pyridine rings is 1. The van der Waals surface area contributed by atoms with Gasteiger partial charge >= 0.3 is 0 Å². The second kappa shape index (κ2) is 5.66. The number of aryl methyl sites for hydroxylation is 1. The molecule has 2 aromatic rings. The molecule has 0 saturated carbocycles. The molecular weight excluding hydrogens is 318 g/mol. The van der Waals surface area contributed by atoms with Gasteiger partial charge in [0, 0.05) is 18.3 Å². The van der Waals surface area contributed by atoms with Crippen molar-refractivity contribution in [1.82, 2.24) is 4.98 Å². The SMILES string of the molecule is Cc1ccc([N+](=O)[O-])cc1S(=O)(=O)Nc1ccc(Cl)cn1. The Morgan fingerprint density at radius 2 is 2.00 bits per heavy atom. The highest BCUT2D eigenvalue weighted by Crippen LogP contribution is 2.23. The van der Waals surface area contributed by atoms with Gasteiger partial charge in [0.2, 0.25) is 0 Å². The van der Waals surface area contributed by atoms with E-state index in [9.17, 15) is 18.5 Å². The number of benzene rings is 1. The highest BCUT2D eigenvalue weighted by molar-refractivity contribution is 7.92. The topological polar surface area (TPSA) is 102 Å². The van der Waals surface area contributed by atoms with Gasteiger partial charge in [-0.1, -0.05) is 17.7 Å². The zero-order valence-corrected chi connectivity index (χ0v) is 12.4. The molecule has 2 rings (SSSR count). The van der Waals surface area contributed by atoms with Gasteiger partial charge in [-0.25, -0.2) is 13.4 Å². The summed E-state index contributed by atoms with van der Waals surface area (Å²) >= 11 is 5.67. The van der Waals surface area contributed by atoms with Crippen LogP contribution >= 0.6 is 11.6 Å². The van der Waals surface area contributed by atoms with E-state index < -0.39 is 14.9 Å². The average Bonchev–Trinajstić information content (AvgIpc) is 2.41. The molecule has 1 N–H and O–H groups in total. The van der Waals surface area contributed by atoms with E-state index in [2.05, 4.69) is 9.71 Å². The van der Waals surface area contributed by atoms with Crippen LogP contribution in [0.2, 0.25) is 5.02 Å². The van der Waals surface area contributed by atoms with Gasteiger partial charge in [-0.2, -0.15) is 0 Å². The Labute approximate surface area is 125 Å². The summed E-state index contributed by atoms with van der Waals surface area (Å²) in [6.07, 6.45) is 1.29. The fraction of sp³-hybridized carbons (Fsp3) is 0.0833. The fourth-order valence-electron chi connectivity index (χ4n) is 1.62. The third-order valence-corrected chi connectivity index (χ3v) is 4.36. The largest absolute Gasteiger partial charge is 0.270 e. The van der Waals surface area contributed by atoms with Crippen LogP contribution in [-0.4, -0.2) is 18.3 Å². The van der Waals surface area contributed by atoms with Gasteiger partial charge in [0.25, 0.3) is 15.7 Å². The van der Waals surface area contributed by atoms with E-state index in [1.165, 1.54) is 30.5 Å². The Morgan fingerprint density at radius 3 is 2.57 bits per heavy atom. The minimum Gasteiger partial charge on any atom is -0.263 e.